The SMILES string of the molecule is CC1=C(NC(=O)C2CCCCN2C(=O)OC(C)(C)C)SN=C(C(C)C)C1C. The zero-order valence-corrected chi connectivity index (χ0v) is 18.4. The molecule has 0 saturated carbocycles. The molecule has 0 radical (unpaired) electrons. The van der Waals surface area contributed by atoms with Gasteiger partial charge in [0.2, 0.25) is 5.91 Å². The summed E-state index contributed by atoms with van der Waals surface area (Å²) >= 11 is 1.32. The predicted octanol–water partition coefficient (Wildman–Crippen LogP) is 4.52. The molecule has 0 bridgehead atoms. The molecule has 2 aliphatic rings. The highest BCUT2D eigenvalue weighted by Gasteiger charge is 2.36. The van der Waals surface area contributed by atoms with Crippen molar-refractivity contribution < 1.29 is 14.3 Å². The van der Waals surface area contributed by atoms with Crippen molar-refractivity contribution in [3.63, 3.8) is 0 Å². The first-order valence-corrected chi connectivity index (χ1v) is 10.5. The molecule has 2 heterocycles. The van der Waals surface area contributed by atoms with Gasteiger partial charge in [-0.1, -0.05) is 20.8 Å². The fourth-order valence-electron chi connectivity index (χ4n) is 3.33. The molecule has 0 aromatic carbocycles. The molecule has 1 N–H and O–H groups in total. The van der Waals surface area contributed by atoms with Crippen LogP contribution in [0.4, 0.5) is 4.79 Å². The molecule has 1 fully saturated rings. The van der Waals surface area contributed by atoms with E-state index in [1.807, 2.05) is 27.7 Å². The van der Waals surface area contributed by atoms with Crippen LogP contribution in [0.1, 0.15) is 67.7 Å². The first kappa shape index (κ1) is 21.8. The van der Waals surface area contributed by atoms with Gasteiger partial charge >= 0.3 is 6.09 Å². The van der Waals surface area contributed by atoms with Crippen LogP contribution in [0.3, 0.4) is 0 Å². The molecule has 0 aromatic heterocycles. The van der Waals surface area contributed by atoms with E-state index < -0.39 is 17.7 Å². The number of nitrogens with zero attached hydrogens (tertiary/aromatic N) is 2. The van der Waals surface area contributed by atoms with Gasteiger partial charge in [0, 0.05) is 30.1 Å². The lowest BCUT2D eigenvalue weighted by atomic mass is 9.90. The van der Waals surface area contributed by atoms with E-state index in [-0.39, 0.29) is 11.8 Å². The summed E-state index contributed by atoms with van der Waals surface area (Å²) in [5, 5.41) is 3.81. The Labute approximate surface area is 167 Å². The van der Waals surface area contributed by atoms with Crippen LogP contribution in [0.2, 0.25) is 0 Å². The Hall–Kier alpha value is -1.50. The number of hydrogen-bond acceptors (Lipinski definition) is 5. The molecule has 6 nitrogen and oxygen atoms in total. The Morgan fingerprint density at radius 3 is 2.56 bits per heavy atom. The molecule has 2 atom stereocenters. The summed E-state index contributed by atoms with van der Waals surface area (Å²) in [6.45, 7) is 14.5. The summed E-state index contributed by atoms with van der Waals surface area (Å²) in [7, 11) is 0. The van der Waals surface area contributed by atoms with Crippen molar-refractivity contribution in [3.8, 4) is 0 Å². The number of nitrogens with one attached hydrogen (secondary N) is 1. The van der Waals surface area contributed by atoms with Gasteiger partial charge < -0.3 is 10.1 Å². The summed E-state index contributed by atoms with van der Waals surface area (Å²) in [5.74, 6) is 0.424. The monoisotopic (exact) mass is 395 g/mol. The van der Waals surface area contributed by atoms with E-state index in [1.54, 1.807) is 4.90 Å². The highest BCUT2D eigenvalue weighted by atomic mass is 32.2. The van der Waals surface area contributed by atoms with Gasteiger partial charge in [0.15, 0.2) is 0 Å². The summed E-state index contributed by atoms with van der Waals surface area (Å²) in [6.07, 6.45) is 2.04. The lowest BCUT2D eigenvalue weighted by Gasteiger charge is -2.36. The average Bonchev–Trinajstić information content (AvgIpc) is 2.57. The molecular formula is C20H33N3O3S. The minimum absolute atomic E-state index is 0.155. The van der Waals surface area contributed by atoms with Gasteiger partial charge in [-0.2, -0.15) is 0 Å². The van der Waals surface area contributed by atoms with Crippen LogP contribution in [0.25, 0.3) is 0 Å². The number of carbonyl (C=O) groups is 2. The number of amides is 2. The second kappa shape index (κ2) is 8.67. The quantitative estimate of drug-likeness (QED) is 0.713. The molecule has 7 heteroatoms. The van der Waals surface area contributed by atoms with Crippen molar-refractivity contribution in [1.82, 2.24) is 10.2 Å². The molecule has 2 amide bonds. The fraction of sp³-hybridized carbons (Fsp3) is 0.750. The van der Waals surface area contributed by atoms with Gasteiger partial charge in [-0.15, -0.1) is 0 Å². The van der Waals surface area contributed by atoms with Gasteiger partial charge in [-0.25, -0.2) is 9.19 Å². The van der Waals surface area contributed by atoms with Crippen molar-refractivity contribution >= 4 is 29.7 Å². The maximum absolute atomic E-state index is 13.0. The number of carbonyl (C=O) groups excluding carboxylic acids is 2. The molecule has 2 aliphatic heterocycles. The molecule has 0 aromatic rings. The van der Waals surface area contributed by atoms with E-state index >= 15 is 0 Å². The van der Waals surface area contributed by atoms with Crippen molar-refractivity contribution in [2.24, 2.45) is 16.2 Å². The minimum Gasteiger partial charge on any atom is -0.444 e. The summed E-state index contributed by atoms with van der Waals surface area (Å²) in [5.41, 5.74) is 1.68. The molecule has 1 saturated heterocycles. The number of piperidine rings is 1. The Morgan fingerprint density at radius 2 is 1.96 bits per heavy atom. The van der Waals surface area contributed by atoms with Gasteiger partial charge in [-0.05, 0) is 58.4 Å². The number of likely N-dealkylation sites (tertiary alicyclic amines) is 1. The number of rotatable bonds is 3. The normalized spacial score (nSPS) is 24.0. The van der Waals surface area contributed by atoms with E-state index in [2.05, 4.69) is 30.5 Å². The number of ether oxygens (including phenoxy) is 1. The standard InChI is InChI=1S/C20H33N3O3S/c1-12(2)16-13(3)14(4)18(27-22-16)21-17(24)15-10-8-9-11-23(15)19(25)26-20(5,6)7/h12-13,15H,8-11H2,1-7H3,(H,21,24). The third kappa shape index (κ3) is 5.50. The van der Waals surface area contributed by atoms with Crippen LogP contribution in [-0.4, -0.2) is 40.8 Å². The molecule has 0 spiro atoms. The second-order valence-electron chi connectivity index (χ2n) is 8.67. The predicted molar refractivity (Wildman–Crippen MR) is 110 cm³/mol. The molecule has 2 unspecified atom stereocenters. The first-order valence-electron chi connectivity index (χ1n) is 9.77. The third-order valence-corrected chi connectivity index (χ3v) is 5.86. The maximum Gasteiger partial charge on any atom is 0.410 e. The van der Waals surface area contributed by atoms with Crippen molar-refractivity contribution in [2.45, 2.75) is 79.4 Å². The van der Waals surface area contributed by atoms with Crippen molar-refractivity contribution in [3.05, 3.63) is 10.6 Å². The number of allylic oxidation sites excluding steroid dienone is 1. The summed E-state index contributed by atoms with van der Waals surface area (Å²) in [4.78, 5) is 27.1. The zero-order chi connectivity index (χ0) is 20.4. The fourth-order valence-corrected chi connectivity index (χ4v) is 4.37. The number of hydrogen-bond donors (Lipinski definition) is 1. The third-order valence-electron chi connectivity index (χ3n) is 4.96. The summed E-state index contributed by atoms with van der Waals surface area (Å²) in [6, 6.07) is -0.500. The Bertz CT molecular complexity index is 649. The van der Waals surface area contributed by atoms with Gasteiger partial charge in [0.1, 0.15) is 11.6 Å². The smallest absolute Gasteiger partial charge is 0.410 e. The second-order valence-corrected chi connectivity index (χ2v) is 9.44. The molecule has 2 rings (SSSR count). The van der Waals surface area contributed by atoms with Crippen molar-refractivity contribution in [2.75, 3.05) is 6.54 Å². The molecule has 27 heavy (non-hydrogen) atoms. The van der Waals surface area contributed by atoms with E-state index in [4.69, 9.17) is 4.74 Å². The molecule has 152 valence electrons. The minimum atomic E-state index is -0.578. The lowest BCUT2D eigenvalue weighted by Crippen LogP contribution is -2.53. The van der Waals surface area contributed by atoms with Crippen molar-refractivity contribution in [1.29, 1.82) is 0 Å². The van der Waals surface area contributed by atoms with Crippen LogP contribution in [-0.2, 0) is 9.53 Å². The maximum atomic E-state index is 13.0. The first-order chi connectivity index (χ1) is 12.5. The lowest BCUT2D eigenvalue weighted by molar-refractivity contribution is -0.126. The average molecular weight is 396 g/mol. The Kier molecular flexibility index (Phi) is 7.00. The Morgan fingerprint density at radius 1 is 1.30 bits per heavy atom. The van der Waals surface area contributed by atoms with Crippen LogP contribution in [0, 0.1) is 11.8 Å². The largest absolute Gasteiger partial charge is 0.444 e. The molecule has 0 aliphatic carbocycles. The molecular weight excluding hydrogens is 362 g/mol. The Balaban J connectivity index is 2.10. The van der Waals surface area contributed by atoms with Crippen LogP contribution < -0.4 is 5.32 Å². The highest BCUT2D eigenvalue weighted by Crippen LogP contribution is 2.33. The zero-order valence-electron chi connectivity index (χ0n) is 17.6. The highest BCUT2D eigenvalue weighted by molar-refractivity contribution is 8.02. The van der Waals surface area contributed by atoms with Gasteiger partial charge in [-0.3, -0.25) is 9.69 Å². The van der Waals surface area contributed by atoms with E-state index in [9.17, 15) is 9.59 Å². The van der Waals surface area contributed by atoms with Gasteiger partial charge in [0.25, 0.3) is 0 Å². The topological polar surface area (TPSA) is 71.0 Å². The van der Waals surface area contributed by atoms with Crippen LogP contribution >= 0.6 is 11.9 Å². The van der Waals surface area contributed by atoms with E-state index in [1.165, 1.54) is 11.9 Å². The van der Waals surface area contributed by atoms with Crippen LogP contribution in [0.15, 0.2) is 15.0 Å². The van der Waals surface area contributed by atoms with Gasteiger partial charge in [0.05, 0.1) is 5.03 Å². The van der Waals surface area contributed by atoms with E-state index in [0.717, 1.165) is 29.2 Å². The van der Waals surface area contributed by atoms with Crippen LogP contribution in [0.5, 0.6) is 0 Å². The summed E-state index contributed by atoms with van der Waals surface area (Å²) < 4.78 is 10.1. The van der Waals surface area contributed by atoms with E-state index in [0.29, 0.717) is 18.9 Å².